The third-order valence-electron chi connectivity index (χ3n) is 3.67. The molecule has 6 heteroatoms. The number of halogens is 1. The second-order valence-electron chi connectivity index (χ2n) is 5.67. The predicted molar refractivity (Wildman–Crippen MR) is 110 cm³/mol. The van der Waals surface area contributed by atoms with Crippen LogP contribution in [0.15, 0.2) is 73.1 Å². The van der Waals surface area contributed by atoms with Crippen LogP contribution in [-0.2, 0) is 4.79 Å². The zero-order valence-electron chi connectivity index (χ0n) is 14.4. The molecule has 0 spiro atoms. The van der Waals surface area contributed by atoms with Gasteiger partial charge in [0, 0.05) is 23.8 Å². The molecule has 0 radical (unpaired) electrons. The molecule has 5 nitrogen and oxygen atoms in total. The number of pyridine rings is 1. The summed E-state index contributed by atoms with van der Waals surface area (Å²) in [6.45, 7) is 2.23. The average molecular weight is 369 g/mol. The van der Waals surface area contributed by atoms with Gasteiger partial charge in [0.25, 0.3) is 0 Å². The molecule has 0 bridgehead atoms. The molecule has 1 amide bonds. The standard InChI is InChI=1S/C20H20N4O.ClH/c1-15-6-8-17(9-7-15)23-18-4-2-3-5-19(18)24-20(25)14-22-16-10-12-21-13-11-16;/h2-13,23H,14H2,1H3,(H,21,22)(H,24,25);1H. The topological polar surface area (TPSA) is 66.0 Å². The maximum Gasteiger partial charge on any atom is 0.243 e. The fourth-order valence-electron chi connectivity index (χ4n) is 2.34. The Morgan fingerprint density at radius 3 is 2.23 bits per heavy atom. The molecule has 0 aliphatic heterocycles. The number of aryl methyl sites for hydroxylation is 1. The van der Waals surface area contributed by atoms with E-state index in [0.717, 1.165) is 22.7 Å². The number of hydrogen-bond acceptors (Lipinski definition) is 4. The molecule has 0 unspecified atom stereocenters. The molecule has 134 valence electrons. The van der Waals surface area contributed by atoms with Crippen LogP contribution in [0.1, 0.15) is 5.56 Å². The lowest BCUT2D eigenvalue weighted by Gasteiger charge is -2.14. The van der Waals surface area contributed by atoms with Crippen molar-refractivity contribution in [2.75, 3.05) is 22.5 Å². The Kier molecular flexibility index (Phi) is 7.00. The summed E-state index contributed by atoms with van der Waals surface area (Å²) in [5.41, 5.74) is 4.63. The highest BCUT2D eigenvalue weighted by molar-refractivity contribution is 5.97. The van der Waals surface area contributed by atoms with Crippen molar-refractivity contribution in [1.29, 1.82) is 0 Å². The average Bonchev–Trinajstić information content (AvgIpc) is 2.64. The van der Waals surface area contributed by atoms with Crippen LogP contribution in [0.3, 0.4) is 0 Å². The fraction of sp³-hybridized carbons (Fsp3) is 0.100. The molecule has 0 saturated carbocycles. The molecule has 1 aromatic heterocycles. The quantitative estimate of drug-likeness (QED) is 0.594. The molecule has 3 rings (SSSR count). The third kappa shape index (κ3) is 5.50. The van der Waals surface area contributed by atoms with Crippen LogP contribution in [-0.4, -0.2) is 17.4 Å². The van der Waals surface area contributed by atoms with Crippen molar-refractivity contribution in [3.8, 4) is 0 Å². The van der Waals surface area contributed by atoms with Gasteiger partial charge in [0.2, 0.25) is 5.91 Å². The second-order valence-corrected chi connectivity index (χ2v) is 5.67. The predicted octanol–water partition coefficient (Wildman–Crippen LogP) is 4.61. The number of nitrogens with zero attached hydrogens (tertiary/aromatic N) is 1. The van der Waals surface area contributed by atoms with Crippen molar-refractivity contribution >= 4 is 41.1 Å². The highest BCUT2D eigenvalue weighted by Crippen LogP contribution is 2.25. The number of hydrogen-bond donors (Lipinski definition) is 3. The summed E-state index contributed by atoms with van der Waals surface area (Å²) >= 11 is 0. The van der Waals surface area contributed by atoms with Gasteiger partial charge >= 0.3 is 0 Å². The number of amides is 1. The van der Waals surface area contributed by atoms with Gasteiger partial charge in [-0.2, -0.15) is 0 Å². The van der Waals surface area contributed by atoms with Crippen LogP contribution >= 0.6 is 12.4 Å². The fourth-order valence-corrected chi connectivity index (χ4v) is 2.34. The number of rotatable bonds is 6. The van der Waals surface area contributed by atoms with Gasteiger partial charge in [-0.15, -0.1) is 12.4 Å². The molecule has 3 aromatic rings. The van der Waals surface area contributed by atoms with Gasteiger partial charge in [-0.3, -0.25) is 9.78 Å². The molecule has 0 aliphatic carbocycles. The van der Waals surface area contributed by atoms with Gasteiger partial charge in [-0.05, 0) is 43.3 Å². The van der Waals surface area contributed by atoms with E-state index in [2.05, 4.69) is 20.9 Å². The zero-order valence-corrected chi connectivity index (χ0v) is 15.2. The van der Waals surface area contributed by atoms with Gasteiger partial charge in [0.05, 0.1) is 17.9 Å². The number of para-hydroxylation sites is 2. The van der Waals surface area contributed by atoms with E-state index >= 15 is 0 Å². The van der Waals surface area contributed by atoms with E-state index in [-0.39, 0.29) is 24.9 Å². The minimum Gasteiger partial charge on any atom is -0.376 e. The normalized spacial score (nSPS) is 9.73. The van der Waals surface area contributed by atoms with E-state index in [0.29, 0.717) is 0 Å². The summed E-state index contributed by atoms with van der Waals surface area (Å²) in [4.78, 5) is 16.2. The molecule has 1 heterocycles. The maximum absolute atomic E-state index is 12.2. The van der Waals surface area contributed by atoms with E-state index in [1.54, 1.807) is 12.4 Å². The molecule has 26 heavy (non-hydrogen) atoms. The first-order chi connectivity index (χ1) is 12.2. The molecule has 3 N–H and O–H groups in total. The van der Waals surface area contributed by atoms with Crippen molar-refractivity contribution in [3.63, 3.8) is 0 Å². The lowest BCUT2D eigenvalue weighted by Crippen LogP contribution is -2.22. The van der Waals surface area contributed by atoms with Crippen molar-refractivity contribution < 1.29 is 4.79 Å². The first-order valence-electron chi connectivity index (χ1n) is 8.07. The van der Waals surface area contributed by atoms with Crippen LogP contribution in [0.5, 0.6) is 0 Å². The number of anilines is 4. The van der Waals surface area contributed by atoms with Crippen LogP contribution in [0.4, 0.5) is 22.7 Å². The lowest BCUT2D eigenvalue weighted by atomic mass is 10.2. The van der Waals surface area contributed by atoms with Crippen LogP contribution in [0.2, 0.25) is 0 Å². The van der Waals surface area contributed by atoms with Gasteiger partial charge in [-0.25, -0.2) is 0 Å². The molecule has 0 aliphatic rings. The Morgan fingerprint density at radius 2 is 1.54 bits per heavy atom. The summed E-state index contributed by atoms with van der Waals surface area (Å²) in [6.07, 6.45) is 3.36. The lowest BCUT2D eigenvalue weighted by molar-refractivity contribution is -0.114. The zero-order chi connectivity index (χ0) is 17.5. The van der Waals surface area contributed by atoms with E-state index in [1.807, 2.05) is 67.6 Å². The smallest absolute Gasteiger partial charge is 0.243 e. The maximum atomic E-state index is 12.2. The summed E-state index contributed by atoms with van der Waals surface area (Å²) in [6, 6.07) is 19.4. The van der Waals surface area contributed by atoms with Gasteiger partial charge < -0.3 is 16.0 Å². The summed E-state index contributed by atoms with van der Waals surface area (Å²) in [7, 11) is 0. The van der Waals surface area contributed by atoms with Crippen LogP contribution in [0, 0.1) is 6.92 Å². The number of carbonyl (C=O) groups excluding carboxylic acids is 1. The third-order valence-corrected chi connectivity index (χ3v) is 3.67. The summed E-state index contributed by atoms with van der Waals surface area (Å²) < 4.78 is 0. The van der Waals surface area contributed by atoms with Crippen molar-refractivity contribution in [1.82, 2.24) is 4.98 Å². The number of benzene rings is 2. The highest BCUT2D eigenvalue weighted by atomic mass is 35.5. The molecular weight excluding hydrogens is 348 g/mol. The van der Waals surface area contributed by atoms with Gasteiger partial charge in [-0.1, -0.05) is 29.8 Å². The molecule has 0 atom stereocenters. The summed E-state index contributed by atoms with van der Waals surface area (Å²) in [5, 5.41) is 9.34. The number of carbonyl (C=O) groups is 1. The largest absolute Gasteiger partial charge is 0.376 e. The Bertz CT molecular complexity index is 838. The first-order valence-corrected chi connectivity index (χ1v) is 8.07. The molecule has 2 aromatic carbocycles. The SMILES string of the molecule is Cc1ccc(Nc2ccccc2NC(=O)CNc2ccncc2)cc1.Cl. The van der Waals surface area contributed by atoms with Crippen molar-refractivity contribution in [3.05, 3.63) is 78.6 Å². The van der Waals surface area contributed by atoms with Gasteiger partial charge in [0.1, 0.15) is 0 Å². The van der Waals surface area contributed by atoms with E-state index in [9.17, 15) is 4.79 Å². The summed E-state index contributed by atoms with van der Waals surface area (Å²) in [5.74, 6) is -0.116. The molecular formula is C20H21ClN4O. The van der Waals surface area contributed by atoms with Crippen LogP contribution in [0.25, 0.3) is 0 Å². The van der Waals surface area contributed by atoms with E-state index in [1.165, 1.54) is 5.56 Å². The minimum absolute atomic E-state index is 0. The molecule has 0 fully saturated rings. The van der Waals surface area contributed by atoms with Gasteiger partial charge in [0.15, 0.2) is 0 Å². The Balaban J connectivity index is 0.00000243. The Labute approximate surface area is 159 Å². The van der Waals surface area contributed by atoms with E-state index in [4.69, 9.17) is 0 Å². The van der Waals surface area contributed by atoms with Crippen LogP contribution < -0.4 is 16.0 Å². The Hall–Kier alpha value is -3.05. The Morgan fingerprint density at radius 1 is 0.885 bits per heavy atom. The second kappa shape index (κ2) is 9.44. The van der Waals surface area contributed by atoms with E-state index < -0.39 is 0 Å². The highest BCUT2D eigenvalue weighted by Gasteiger charge is 2.07. The van der Waals surface area contributed by atoms with Crippen molar-refractivity contribution in [2.24, 2.45) is 0 Å². The first kappa shape index (κ1) is 19.3. The minimum atomic E-state index is -0.116. The monoisotopic (exact) mass is 368 g/mol. The number of aromatic nitrogens is 1. The van der Waals surface area contributed by atoms with Crippen molar-refractivity contribution in [2.45, 2.75) is 6.92 Å². The molecule has 0 saturated heterocycles. The number of nitrogens with one attached hydrogen (secondary N) is 3.